The van der Waals surface area contributed by atoms with Crippen molar-refractivity contribution >= 4 is 11.8 Å². The molecule has 0 bridgehead atoms. The summed E-state index contributed by atoms with van der Waals surface area (Å²) in [4.78, 5) is 0. The molecule has 1 aromatic carbocycles. The van der Waals surface area contributed by atoms with Gasteiger partial charge in [-0.1, -0.05) is 18.7 Å². The van der Waals surface area contributed by atoms with E-state index < -0.39 is 0 Å². The van der Waals surface area contributed by atoms with Crippen LogP contribution in [0.1, 0.15) is 24.1 Å². The lowest BCUT2D eigenvalue weighted by atomic mass is 10.0. The highest BCUT2D eigenvalue weighted by Gasteiger charge is 2.01. The van der Waals surface area contributed by atoms with Crippen molar-refractivity contribution in [3.8, 4) is 0 Å². The number of nitrogen functional groups attached to an aromatic ring is 1. The fourth-order valence-electron chi connectivity index (χ4n) is 1.05. The molecule has 0 aromatic heterocycles. The zero-order valence-electron chi connectivity index (χ0n) is 7.25. The van der Waals surface area contributed by atoms with Gasteiger partial charge in [-0.25, -0.2) is 0 Å². The molecule has 0 saturated carbocycles. The van der Waals surface area contributed by atoms with Crippen LogP contribution in [0.2, 0.25) is 0 Å². The number of rotatable bonds is 2. The van der Waals surface area contributed by atoms with E-state index in [1.54, 1.807) is 6.08 Å². The number of hydrogen-bond donors (Lipinski definition) is 2. The van der Waals surface area contributed by atoms with Crippen LogP contribution in [0.4, 0.5) is 5.69 Å². The third-order valence-electron chi connectivity index (χ3n) is 1.86. The molecule has 0 aliphatic carbocycles. The van der Waals surface area contributed by atoms with Crippen LogP contribution in [0.15, 0.2) is 24.8 Å². The molecule has 12 heavy (non-hydrogen) atoms. The summed E-state index contributed by atoms with van der Waals surface area (Å²) in [5.41, 5.74) is 14.2. The molecule has 0 fully saturated rings. The second-order valence-corrected chi connectivity index (χ2v) is 2.88. The van der Waals surface area contributed by atoms with Crippen LogP contribution in [0.3, 0.4) is 0 Å². The Kier molecular flexibility index (Phi) is 2.51. The molecular weight excluding hydrogens is 148 g/mol. The fraction of sp³-hybridized carbons (Fsp3) is 0.200. The molecule has 2 nitrogen and oxygen atoms in total. The van der Waals surface area contributed by atoms with Gasteiger partial charge in [-0.2, -0.15) is 0 Å². The number of nitrogens with two attached hydrogens (primary N) is 2. The second kappa shape index (κ2) is 3.41. The average Bonchev–Trinajstić information content (AvgIpc) is 2.05. The Balaban J connectivity index is 3.13. The molecule has 4 N–H and O–H groups in total. The van der Waals surface area contributed by atoms with E-state index in [0.717, 1.165) is 16.8 Å². The SMILES string of the molecule is C=Cc1cc(C(C)N)ccc1N. The van der Waals surface area contributed by atoms with Crippen molar-refractivity contribution in [2.45, 2.75) is 13.0 Å². The first kappa shape index (κ1) is 8.81. The van der Waals surface area contributed by atoms with Gasteiger partial charge in [0.25, 0.3) is 0 Å². The van der Waals surface area contributed by atoms with Crippen molar-refractivity contribution in [3.05, 3.63) is 35.9 Å². The molecule has 0 spiro atoms. The first-order valence-electron chi connectivity index (χ1n) is 3.92. The zero-order chi connectivity index (χ0) is 9.14. The molecule has 0 amide bonds. The summed E-state index contributed by atoms with van der Waals surface area (Å²) in [7, 11) is 0. The van der Waals surface area contributed by atoms with Gasteiger partial charge in [0.15, 0.2) is 0 Å². The zero-order valence-corrected chi connectivity index (χ0v) is 7.25. The Hall–Kier alpha value is -1.28. The maximum Gasteiger partial charge on any atom is 0.0387 e. The van der Waals surface area contributed by atoms with Gasteiger partial charge < -0.3 is 11.5 Å². The van der Waals surface area contributed by atoms with Gasteiger partial charge in [0.1, 0.15) is 0 Å². The Bertz CT molecular complexity index is 290. The molecule has 2 heteroatoms. The summed E-state index contributed by atoms with van der Waals surface area (Å²) in [6, 6.07) is 5.81. The smallest absolute Gasteiger partial charge is 0.0387 e. The first-order valence-corrected chi connectivity index (χ1v) is 3.92. The largest absolute Gasteiger partial charge is 0.398 e. The highest BCUT2D eigenvalue weighted by atomic mass is 14.6. The van der Waals surface area contributed by atoms with Crippen molar-refractivity contribution in [2.24, 2.45) is 5.73 Å². The molecule has 0 aliphatic rings. The van der Waals surface area contributed by atoms with Crippen LogP contribution in [-0.2, 0) is 0 Å². The lowest BCUT2D eigenvalue weighted by Crippen LogP contribution is -2.05. The van der Waals surface area contributed by atoms with Crippen LogP contribution >= 0.6 is 0 Å². The summed E-state index contributed by atoms with van der Waals surface area (Å²) < 4.78 is 0. The molecule has 0 saturated heterocycles. The second-order valence-electron chi connectivity index (χ2n) is 2.88. The molecule has 1 rings (SSSR count). The van der Waals surface area contributed by atoms with Crippen molar-refractivity contribution in [1.82, 2.24) is 0 Å². The highest BCUT2D eigenvalue weighted by molar-refractivity contribution is 5.64. The molecule has 1 unspecified atom stereocenters. The van der Waals surface area contributed by atoms with E-state index in [1.165, 1.54) is 0 Å². The number of benzene rings is 1. The van der Waals surface area contributed by atoms with Crippen LogP contribution < -0.4 is 11.5 Å². The Labute approximate surface area is 72.9 Å². The predicted octanol–water partition coefficient (Wildman–Crippen LogP) is 1.93. The van der Waals surface area contributed by atoms with Gasteiger partial charge in [0.2, 0.25) is 0 Å². The van der Waals surface area contributed by atoms with Crippen LogP contribution in [-0.4, -0.2) is 0 Å². The van der Waals surface area contributed by atoms with Crippen LogP contribution in [0.5, 0.6) is 0 Å². The van der Waals surface area contributed by atoms with E-state index >= 15 is 0 Å². The van der Waals surface area contributed by atoms with E-state index in [2.05, 4.69) is 6.58 Å². The van der Waals surface area contributed by atoms with Crippen molar-refractivity contribution in [2.75, 3.05) is 5.73 Å². The topological polar surface area (TPSA) is 52.0 Å². The quantitative estimate of drug-likeness (QED) is 0.653. The lowest BCUT2D eigenvalue weighted by molar-refractivity contribution is 0.818. The third kappa shape index (κ3) is 1.66. The standard InChI is InChI=1S/C10H14N2/c1-3-8-6-9(7(2)11)4-5-10(8)12/h3-7H,1,11-12H2,2H3. The maximum absolute atomic E-state index is 5.71. The van der Waals surface area contributed by atoms with Crippen LogP contribution in [0.25, 0.3) is 6.08 Å². The average molecular weight is 162 g/mol. The van der Waals surface area contributed by atoms with E-state index in [1.807, 2.05) is 25.1 Å². The first-order chi connectivity index (χ1) is 5.65. The highest BCUT2D eigenvalue weighted by Crippen LogP contribution is 2.18. The van der Waals surface area contributed by atoms with Gasteiger partial charge >= 0.3 is 0 Å². The predicted molar refractivity (Wildman–Crippen MR) is 53.5 cm³/mol. The summed E-state index contributed by atoms with van der Waals surface area (Å²) in [5, 5.41) is 0. The van der Waals surface area contributed by atoms with Gasteiger partial charge in [0, 0.05) is 11.7 Å². The van der Waals surface area contributed by atoms with Gasteiger partial charge in [-0.15, -0.1) is 0 Å². The lowest BCUT2D eigenvalue weighted by Gasteiger charge is -2.07. The number of hydrogen-bond acceptors (Lipinski definition) is 2. The molecule has 0 radical (unpaired) electrons. The van der Waals surface area contributed by atoms with Gasteiger partial charge in [0.05, 0.1) is 0 Å². The minimum absolute atomic E-state index is 0.0456. The summed E-state index contributed by atoms with van der Waals surface area (Å²) >= 11 is 0. The Morgan fingerprint density at radius 1 is 1.50 bits per heavy atom. The fourth-order valence-corrected chi connectivity index (χ4v) is 1.05. The minimum Gasteiger partial charge on any atom is -0.398 e. The van der Waals surface area contributed by atoms with Gasteiger partial charge in [-0.3, -0.25) is 0 Å². The summed E-state index contributed by atoms with van der Waals surface area (Å²) in [6.07, 6.45) is 1.74. The van der Waals surface area contributed by atoms with Crippen molar-refractivity contribution < 1.29 is 0 Å². The normalized spacial score (nSPS) is 12.5. The third-order valence-corrected chi connectivity index (χ3v) is 1.86. The van der Waals surface area contributed by atoms with Crippen LogP contribution in [0, 0.1) is 0 Å². The summed E-state index contributed by atoms with van der Waals surface area (Å²) in [6.45, 7) is 5.61. The molecule has 64 valence electrons. The summed E-state index contributed by atoms with van der Waals surface area (Å²) in [5.74, 6) is 0. The van der Waals surface area contributed by atoms with Crippen molar-refractivity contribution in [3.63, 3.8) is 0 Å². The van der Waals surface area contributed by atoms with E-state index in [0.29, 0.717) is 0 Å². The van der Waals surface area contributed by atoms with Gasteiger partial charge in [-0.05, 0) is 30.2 Å². The molecule has 0 aliphatic heterocycles. The number of anilines is 1. The van der Waals surface area contributed by atoms with E-state index in [-0.39, 0.29) is 6.04 Å². The molecular formula is C10H14N2. The minimum atomic E-state index is 0.0456. The molecule has 0 heterocycles. The Morgan fingerprint density at radius 2 is 2.17 bits per heavy atom. The monoisotopic (exact) mass is 162 g/mol. The van der Waals surface area contributed by atoms with Crippen molar-refractivity contribution in [1.29, 1.82) is 0 Å². The maximum atomic E-state index is 5.71. The Morgan fingerprint density at radius 3 is 2.67 bits per heavy atom. The molecule has 1 atom stereocenters. The molecule has 1 aromatic rings. The van der Waals surface area contributed by atoms with E-state index in [4.69, 9.17) is 11.5 Å². The van der Waals surface area contributed by atoms with E-state index in [9.17, 15) is 0 Å².